The lowest BCUT2D eigenvalue weighted by Crippen LogP contribution is -2.34. The molecule has 0 fully saturated rings. The number of rotatable bonds is 3. The molecule has 0 aromatic heterocycles. The summed E-state index contributed by atoms with van der Waals surface area (Å²) in [7, 11) is 0. The van der Waals surface area contributed by atoms with Crippen LogP contribution >= 0.6 is 22.6 Å². The molecule has 0 amide bonds. The van der Waals surface area contributed by atoms with Gasteiger partial charge in [-0.1, -0.05) is 0 Å². The van der Waals surface area contributed by atoms with Crippen molar-refractivity contribution in [3.8, 4) is 5.75 Å². The molecule has 0 atom stereocenters. The monoisotopic (exact) mass is 314 g/mol. The Balaban J connectivity index is 2.79. The molecule has 0 saturated heterocycles. The number of ether oxygens (including phenoxy) is 1. The van der Waals surface area contributed by atoms with Crippen molar-refractivity contribution < 1.29 is 23.4 Å². The van der Waals surface area contributed by atoms with E-state index in [1.807, 2.05) is 22.6 Å². The molecule has 0 heterocycles. The number of benzene rings is 1. The third kappa shape index (κ3) is 2.79. The summed E-state index contributed by atoms with van der Waals surface area (Å²) in [6.45, 7) is 0. The Morgan fingerprint density at radius 1 is 1.36 bits per heavy atom. The van der Waals surface area contributed by atoms with Gasteiger partial charge in [-0.3, -0.25) is 0 Å². The van der Waals surface area contributed by atoms with E-state index in [-0.39, 0.29) is 5.75 Å². The minimum absolute atomic E-state index is 0.183. The van der Waals surface area contributed by atoms with Crippen LogP contribution in [0.25, 0.3) is 0 Å². The number of carbonyl (C=O) groups is 1. The van der Waals surface area contributed by atoms with Crippen molar-refractivity contribution in [2.75, 3.05) is 0 Å². The largest absolute Gasteiger partial charge is 0.501 e. The number of hydrogen-bond donors (Lipinski definition) is 1. The average molecular weight is 314 g/mol. The lowest BCUT2D eigenvalue weighted by Gasteiger charge is -2.12. The number of carboxylic acids is 1. The van der Waals surface area contributed by atoms with E-state index in [1.54, 1.807) is 0 Å². The van der Waals surface area contributed by atoms with Gasteiger partial charge in [-0.05, 0) is 46.9 Å². The van der Waals surface area contributed by atoms with E-state index in [2.05, 4.69) is 4.74 Å². The molecule has 0 aliphatic rings. The SMILES string of the molecule is O=C(O)C(F)(F)Oc1ccc(I)cc1. The van der Waals surface area contributed by atoms with E-state index in [4.69, 9.17) is 5.11 Å². The van der Waals surface area contributed by atoms with Gasteiger partial charge in [0.1, 0.15) is 5.75 Å². The van der Waals surface area contributed by atoms with Gasteiger partial charge in [-0.15, -0.1) is 0 Å². The predicted octanol–water partition coefficient (Wildman–Crippen LogP) is 2.35. The van der Waals surface area contributed by atoms with Crippen LogP contribution in [-0.4, -0.2) is 17.2 Å². The van der Waals surface area contributed by atoms with Crippen LogP contribution in [0.4, 0.5) is 8.78 Å². The van der Waals surface area contributed by atoms with Gasteiger partial charge in [0.2, 0.25) is 0 Å². The van der Waals surface area contributed by atoms with Crippen molar-refractivity contribution in [2.24, 2.45) is 0 Å². The van der Waals surface area contributed by atoms with Crippen LogP contribution in [0.15, 0.2) is 24.3 Å². The van der Waals surface area contributed by atoms with Gasteiger partial charge < -0.3 is 9.84 Å². The fraction of sp³-hybridized carbons (Fsp3) is 0.125. The number of hydrogen-bond acceptors (Lipinski definition) is 2. The quantitative estimate of drug-likeness (QED) is 0.871. The highest BCUT2D eigenvalue weighted by atomic mass is 127. The molecular formula is C8H5F2IO3. The first kappa shape index (κ1) is 11.2. The maximum atomic E-state index is 12.5. The molecule has 76 valence electrons. The summed E-state index contributed by atoms with van der Waals surface area (Å²) in [6, 6.07) is 5.62. The molecule has 1 N–H and O–H groups in total. The fourth-order valence-electron chi connectivity index (χ4n) is 0.694. The first-order valence-corrected chi connectivity index (χ1v) is 4.55. The van der Waals surface area contributed by atoms with Crippen molar-refractivity contribution in [3.63, 3.8) is 0 Å². The van der Waals surface area contributed by atoms with Crippen molar-refractivity contribution in [1.29, 1.82) is 0 Å². The maximum absolute atomic E-state index is 12.5. The second-order valence-electron chi connectivity index (χ2n) is 2.38. The van der Waals surface area contributed by atoms with Gasteiger partial charge in [-0.2, -0.15) is 8.78 Å². The number of aliphatic carboxylic acids is 1. The Morgan fingerprint density at radius 3 is 2.29 bits per heavy atom. The molecule has 0 aliphatic carbocycles. The maximum Gasteiger partial charge on any atom is 0.501 e. The van der Waals surface area contributed by atoms with E-state index in [0.29, 0.717) is 0 Å². The lowest BCUT2D eigenvalue weighted by molar-refractivity contribution is -0.210. The van der Waals surface area contributed by atoms with Crippen LogP contribution in [0, 0.1) is 3.57 Å². The summed E-state index contributed by atoms with van der Waals surface area (Å²) < 4.78 is 29.8. The summed E-state index contributed by atoms with van der Waals surface area (Å²) in [4.78, 5) is 10.0. The zero-order chi connectivity index (χ0) is 10.8. The molecule has 1 aromatic rings. The summed E-state index contributed by atoms with van der Waals surface area (Å²) in [5.41, 5.74) is 0. The molecular weight excluding hydrogens is 309 g/mol. The van der Waals surface area contributed by atoms with Crippen LogP contribution in [0.2, 0.25) is 0 Å². The second kappa shape index (κ2) is 4.07. The summed E-state index contributed by atoms with van der Waals surface area (Å²) >= 11 is 1.99. The minimum atomic E-state index is -4.19. The smallest absolute Gasteiger partial charge is 0.474 e. The Labute approximate surface area is 91.8 Å². The van der Waals surface area contributed by atoms with Gasteiger partial charge >= 0.3 is 12.1 Å². The summed E-state index contributed by atoms with van der Waals surface area (Å²) in [6.07, 6.45) is -4.19. The first-order valence-electron chi connectivity index (χ1n) is 3.47. The highest BCUT2D eigenvalue weighted by molar-refractivity contribution is 14.1. The molecule has 1 aromatic carbocycles. The van der Waals surface area contributed by atoms with E-state index in [9.17, 15) is 13.6 Å². The molecule has 0 radical (unpaired) electrons. The second-order valence-corrected chi connectivity index (χ2v) is 3.62. The number of alkyl halides is 2. The topological polar surface area (TPSA) is 46.5 Å². The molecule has 6 heteroatoms. The van der Waals surface area contributed by atoms with E-state index in [1.165, 1.54) is 24.3 Å². The molecule has 1 rings (SSSR count). The van der Waals surface area contributed by atoms with Gasteiger partial charge in [0.25, 0.3) is 0 Å². The summed E-state index contributed by atoms with van der Waals surface area (Å²) in [5, 5.41) is 8.08. The standard InChI is InChI=1S/C8H5F2IO3/c9-8(10,7(12)13)14-6-3-1-5(11)2-4-6/h1-4H,(H,12,13). The van der Waals surface area contributed by atoms with Crippen molar-refractivity contribution >= 4 is 28.6 Å². The van der Waals surface area contributed by atoms with Gasteiger partial charge in [0.15, 0.2) is 0 Å². The number of halogens is 3. The predicted molar refractivity (Wildman–Crippen MR) is 52.4 cm³/mol. The molecule has 0 spiro atoms. The summed E-state index contributed by atoms with van der Waals surface area (Å²) in [5.74, 6) is -2.49. The van der Waals surface area contributed by atoms with E-state index >= 15 is 0 Å². The Bertz CT molecular complexity index is 337. The molecule has 3 nitrogen and oxygen atoms in total. The Kier molecular flexibility index (Phi) is 3.25. The van der Waals surface area contributed by atoms with Gasteiger partial charge in [0, 0.05) is 3.57 Å². The van der Waals surface area contributed by atoms with Crippen LogP contribution in [-0.2, 0) is 4.79 Å². The molecule has 0 aliphatic heterocycles. The number of carboxylic acid groups (broad SMARTS) is 1. The lowest BCUT2D eigenvalue weighted by atomic mass is 10.3. The van der Waals surface area contributed by atoms with Gasteiger partial charge in [-0.25, -0.2) is 4.79 Å². The van der Waals surface area contributed by atoms with Gasteiger partial charge in [0.05, 0.1) is 0 Å². The fourth-order valence-corrected chi connectivity index (χ4v) is 1.05. The van der Waals surface area contributed by atoms with Crippen molar-refractivity contribution in [2.45, 2.75) is 6.11 Å². The van der Waals surface area contributed by atoms with Crippen molar-refractivity contribution in [3.05, 3.63) is 27.8 Å². The van der Waals surface area contributed by atoms with E-state index < -0.39 is 12.1 Å². The highest BCUT2D eigenvalue weighted by Gasteiger charge is 2.42. The molecule has 0 unspecified atom stereocenters. The van der Waals surface area contributed by atoms with E-state index in [0.717, 1.165) is 3.57 Å². The third-order valence-electron chi connectivity index (χ3n) is 1.31. The molecule has 0 bridgehead atoms. The van der Waals surface area contributed by atoms with Crippen LogP contribution < -0.4 is 4.74 Å². The van der Waals surface area contributed by atoms with Crippen LogP contribution in [0.5, 0.6) is 5.75 Å². The Hall–Kier alpha value is -0.920. The zero-order valence-corrected chi connectivity index (χ0v) is 8.86. The molecule has 14 heavy (non-hydrogen) atoms. The first-order chi connectivity index (χ1) is 6.42. The zero-order valence-electron chi connectivity index (χ0n) is 6.71. The highest BCUT2D eigenvalue weighted by Crippen LogP contribution is 2.22. The van der Waals surface area contributed by atoms with Crippen LogP contribution in [0.3, 0.4) is 0 Å². The normalized spacial score (nSPS) is 11.1. The average Bonchev–Trinajstić information content (AvgIpc) is 2.08. The third-order valence-corrected chi connectivity index (χ3v) is 2.03. The van der Waals surface area contributed by atoms with Crippen molar-refractivity contribution in [1.82, 2.24) is 0 Å². The Morgan fingerprint density at radius 2 is 1.86 bits per heavy atom. The van der Waals surface area contributed by atoms with Crippen LogP contribution in [0.1, 0.15) is 0 Å². The molecule has 0 saturated carbocycles. The minimum Gasteiger partial charge on any atom is -0.474 e.